The fourth-order valence-electron chi connectivity index (χ4n) is 3.57. The average molecular weight is 375 g/mol. The molecule has 1 N–H and O–H groups in total. The van der Waals surface area contributed by atoms with Gasteiger partial charge in [0.2, 0.25) is 5.91 Å². The van der Waals surface area contributed by atoms with E-state index in [0.717, 1.165) is 22.5 Å². The van der Waals surface area contributed by atoms with Gasteiger partial charge in [0.25, 0.3) is 0 Å². The second kappa shape index (κ2) is 7.61. The molecule has 1 aliphatic rings. The highest BCUT2D eigenvalue weighted by atomic mass is 32.2. The first-order valence-electron chi connectivity index (χ1n) is 8.93. The highest BCUT2D eigenvalue weighted by Gasteiger charge is 2.32. The molecule has 7 heteroatoms. The van der Waals surface area contributed by atoms with Crippen LogP contribution < -0.4 is 0 Å². The Morgan fingerprint density at radius 3 is 2.62 bits per heavy atom. The van der Waals surface area contributed by atoms with E-state index in [1.807, 2.05) is 44.2 Å². The molecular formula is C19H25N3O3S. The molecule has 0 bridgehead atoms. The highest BCUT2D eigenvalue weighted by Crippen LogP contribution is 2.29. The van der Waals surface area contributed by atoms with Gasteiger partial charge in [-0.1, -0.05) is 30.3 Å². The fourth-order valence-corrected chi connectivity index (χ4v) is 5.36. The third-order valence-electron chi connectivity index (χ3n) is 5.13. The maximum absolute atomic E-state index is 12.7. The van der Waals surface area contributed by atoms with Crippen LogP contribution >= 0.6 is 0 Å². The number of rotatable bonds is 4. The van der Waals surface area contributed by atoms with Gasteiger partial charge in [-0.25, -0.2) is 8.42 Å². The summed E-state index contributed by atoms with van der Waals surface area (Å²) in [6, 6.07) is 9.29. The number of benzene rings is 1. The summed E-state index contributed by atoms with van der Waals surface area (Å²) in [4.78, 5) is 14.3. The average Bonchev–Trinajstić information content (AvgIpc) is 2.84. The smallest absolute Gasteiger partial charge is 0.222 e. The second-order valence-corrected chi connectivity index (χ2v) is 9.15. The third-order valence-corrected chi connectivity index (χ3v) is 7.26. The molecule has 1 aromatic carbocycles. The Morgan fingerprint density at radius 1 is 1.23 bits per heavy atom. The summed E-state index contributed by atoms with van der Waals surface area (Å²) in [6.45, 7) is 4.61. The molecule has 2 heterocycles. The van der Waals surface area contributed by atoms with Crippen molar-refractivity contribution in [2.45, 2.75) is 38.4 Å². The Hall–Kier alpha value is -2.15. The van der Waals surface area contributed by atoms with Crippen LogP contribution in [0.25, 0.3) is 0 Å². The number of hydrogen-bond acceptors (Lipinski definition) is 4. The molecule has 0 saturated carbocycles. The maximum Gasteiger partial charge on any atom is 0.222 e. The van der Waals surface area contributed by atoms with E-state index in [9.17, 15) is 13.2 Å². The van der Waals surface area contributed by atoms with Crippen LogP contribution in [0.2, 0.25) is 0 Å². The lowest BCUT2D eigenvalue weighted by Crippen LogP contribution is -2.33. The van der Waals surface area contributed by atoms with Crippen molar-refractivity contribution in [3.63, 3.8) is 0 Å². The van der Waals surface area contributed by atoms with E-state index in [2.05, 4.69) is 10.2 Å². The van der Waals surface area contributed by atoms with Crippen LogP contribution in [0, 0.1) is 13.8 Å². The van der Waals surface area contributed by atoms with Crippen molar-refractivity contribution in [1.29, 1.82) is 0 Å². The first-order chi connectivity index (χ1) is 12.4. The van der Waals surface area contributed by atoms with Gasteiger partial charge in [0, 0.05) is 25.2 Å². The summed E-state index contributed by atoms with van der Waals surface area (Å²) >= 11 is 0. The predicted molar refractivity (Wildman–Crippen MR) is 101 cm³/mol. The number of sulfone groups is 1. The molecule has 1 amide bonds. The molecule has 1 unspecified atom stereocenters. The van der Waals surface area contributed by atoms with Crippen LogP contribution in [-0.4, -0.2) is 48.3 Å². The molecule has 0 aliphatic carbocycles. The zero-order valence-electron chi connectivity index (χ0n) is 15.2. The summed E-state index contributed by atoms with van der Waals surface area (Å²) in [5.74, 6) is 0.0242. The standard InChI is InChI=1S/C19H25N3O3S/c1-14-17(15(2)21-20-14)8-9-19(23)22-11-10-18(26(24,25)13-12-22)16-6-4-3-5-7-16/h3-7,18H,8-13H2,1-2H3,(H,20,21). The molecule has 2 aromatic rings. The first-order valence-corrected chi connectivity index (χ1v) is 10.6. The SMILES string of the molecule is Cc1n[nH]c(C)c1CCC(=O)N1CCC(c2ccccc2)S(=O)(=O)CC1. The first kappa shape index (κ1) is 18.6. The summed E-state index contributed by atoms with van der Waals surface area (Å²) in [5.41, 5.74) is 3.78. The zero-order chi connectivity index (χ0) is 18.7. The molecule has 1 saturated heterocycles. The molecule has 26 heavy (non-hydrogen) atoms. The zero-order valence-corrected chi connectivity index (χ0v) is 16.1. The lowest BCUT2D eigenvalue weighted by Gasteiger charge is -2.20. The summed E-state index contributed by atoms with van der Waals surface area (Å²) in [7, 11) is -3.26. The van der Waals surface area contributed by atoms with Gasteiger partial charge in [-0.15, -0.1) is 0 Å². The van der Waals surface area contributed by atoms with E-state index < -0.39 is 15.1 Å². The van der Waals surface area contributed by atoms with E-state index in [-0.39, 0.29) is 18.2 Å². The topological polar surface area (TPSA) is 83.1 Å². The fraction of sp³-hybridized carbons (Fsp3) is 0.474. The van der Waals surface area contributed by atoms with Gasteiger partial charge >= 0.3 is 0 Å². The van der Waals surface area contributed by atoms with Crippen molar-refractivity contribution in [2.75, 3.05) is 18.8 Å². The highest BCUT2D eigenvalue weighted by molar-refractivity contribution is 7.91. The molecule has 0 radical (unpaired) electrons. The number of aryl methyl sites for hydroxylation is 2. The van der Waals surface area contributed by atoms with Gasteiger partial charge in [0.05, 0.1) is 16.7 Å². The molecule has 1 aromatic heterocycles. The Bertz CT molecular complexity index is 855. The summed E-state index contributed by atoms with van der Waals surface area (Å²) in [5, 5.41) is 6.56. The number of hydrogen-bond donors (Lipinski definition) is 1. The van der Waals surface area contributed by atoms with Crippen molar-refractivity contribution in [3.8, 4) is 0 Å². The lowest BCUT2D eigenvalue weighted by molar-refractivity contribution is -0.130. The van der Waals surface area contributed by atoms with Gasteiger partial charge < -0.3 is 4.90 Å². The molecule has 0 spiro atoms. The normalized spacial score (nSPS) is 19.9. The Kier molecular flexibility index (Phi) is 5.46. The van der Waals surface area contributed by atoms with Crippen LogP contribution in [0.4, 0.5) is 0 Å². The van der Waals surface area contributed by atoms with Crippen molar-refractivity contribution in [3.05, 3.63) is 52.8 Å². The molecule has 1 atom stereocenters. The van der Waals surface area contributed by atoms with E-state index >= 15 is 0 Å². The molecule has 140 valence electrons. The van der Waals surface area contributed by atoms with Gasteiger partial charge in [-0.3, -0.25) is 9.89 Å². The maximum atomic E-state index is 12.7. The Morgan fingerprint density at radius 2 is 1.96 bits per heavy atom. The van der Waals surface area contributed by atoms with Gasteiger partial charge in [-0.2, -0.15) is 5.10 Å². The third kappa shape index (κ3) is 3.98. The van der Waals surface area contributed by atoms with Crippen LogP contribution in [0.5, 0.6) is 0 Å². The number of H-pyrrole nitrogens is 1. The van der Waals surface area contributed by atoms with Crippen LogP contribution in [0.3, 0.4) is 0 Å². The quantitative estimate of drug-likeness (QED) is 0.889. The summed E-state index contributed by atoms with van der Waals surface area (Å²) < 4.78 is 25.3. The number of aromatic amines is 1. The minimum atomic E-state index is -3.26. The predicted octanol–water partition coefficient (Wildman–Crippen LogP) is 2.35. The number of aromatic nitrogens is 2. The van der Waals surface area contributed by atoms with Gasteiger partial charge in [-0.05, 0) is 37.8 Å². The summed E-state index contributed by atoms with van der Waals surface area (Å²) in [6.07, 6.45) is 1.44. The van der Waals surface area contributed by atoms with E-state index in [1.54, 1.807) is 4.90 Å². The largest absolute Gasteiger partial charge is 0.342 e. The second-order valence-electron chi connectivity index (χ2n) is 6.85. The molecule has 3 rings (SSSR count). The minimum absolute atomic E-state index is 0.00825. The number of amides is 1. The molecule has 6 nitrogen and oxygen atoms in total. The van der Waals surface area contributed by atoms with Crippen LogP contribution in [-0.2, 0) is 21.1 Å². The monoisotopic (exact) mass is 375 g/mol. The molecular weight excluding hydrogens is 350 g/mol. The van der Waals surface area contributed by atoms with Crippen LogP contribution in [0.1, 0.15) is 40.6 Å². The number of carbonyl (C=O) groups is 1. The molecule has 1 aliphatic heterocycles. The van der Waals surface area contributed by atoms with E-state index in [0.29, 0.717) is 25.8 Å². The van der Waals surface area contributed by atoms with E-state index in [4.69, 9.17) is 0 Å². The number of nitrogens with zero attached hydrogens (tertiary/aromatic N) is 2. The van der Waals surface area contributed by atoms with Crippen LogP contribution in [0.15, 0.2) is 30.3 Å². The van der Waals surface area contributed by atoms with Gasteiger partial charge in [0.1, 0.15) is 0 Å². The van der Waals surface area contributed by atoms with E-state index in [1.165, 1.54) is 0 Å². The lowest BCUT2D eigenvalue weighted by atomic mass is 10.1. The van der Waals surface area contributed by atoms with Crippen molar-refractivity contribution in [1.82, 2.24) is 15.1 Å². The van der Waals surface area contributed by atoms with Gasteiger partial charge in [0.15, 0.2) is 9.84 Å². The number of carbonyl (C=O) groups excluding carboxylic acids is 1. The Labute approximate surface area is 154 Å². The van der Waals surface area contributed by atoms with Crippen molar-refractivity contribution >= 4 is 15.7 Å². The minimum Gasteiger partial charge on any atom is -0.342 e. The molecule has 1 fully saturated rings. The van der Waals surface area contributed by atoms with Crippen molar-refractivity contribution < 1.29 is 13.2 Å². The Balaban J connectivity index is 1.66. The van der Waals surface area contributed by atoms with Crippen molar-refractivity contribution in [2.24, 2.45) is 0 Å². The number of nitrogens with one attached hydrogen (secondary N) is 1.